The van der Waals surface area contributed by atoms with E-state index in [1.807, 2.05) is 4.90 Å². The van der Waals surface area contributed by atoms with Gasteiger partial charge in [0.15, 0.2) is 0 Å². The Morgan fingerprint density at radius 2 is 2.27 bits per heavy atom. The van der Waals surface area contributed by atoms with E-state index < -0.39 is 6.04 Å². The van der Waals surface area contributed by atoms with Crippen LogP contribution < -0.4 is 10.6 Å². The van der Waals surface area contributed by atoms with Crippen molar-refractivity contribution in [1.29, 1.82) is 0 Å². The third-order valence-electron chi connectivity index (χ3n) is 2.37. The molecule has 0 aromatic carbocycles. The fraction of sp³-hybridized carbons (Fsp3) is 0.667. The molecule has 15 heavy (non-hydrogen) atoms. The molecule has 0 radical (unpaired) electrons. The highest BCUT2D eigenvalue weighted by atomic mass is 16.5. The summed E-state index contributed by atoms with van der Waals surface area (Å²) in [7, 11) is 0. The molecule has 1 aromatic heterocycles. The van der Waals surface area contributed by atoms with Gasteiger partial charge >= 0.3 is 0 Å². The minimum atomic E-state index is -0.469. The molecule has 6 heteroatoms. The first-order valence-electron chi connectivity index (χ1n) is 4.96. The molecule has 0 saturated carbocycles. The third-order valence-corrected chi connectivity index (χ3v) is 2.37. The van der Waals surface area contributed by atoms with Crippen LogP contribution in [-0.4, -0.2) is 43.0 Å². The predicted molar refractivity (Wildman–Crippen MR) is 53.5 cm³/mol. The number of nitrogens with zero attached hydrogens (tertiary/aromatic N) is 2. The summed E-state index contributed by atoms with van der Waals surface area (Å²) >= 11 is 0. The lowest BCUT2D eigenvalue weighted by molar-refractivity contribution is 0.120. The Balaban J connectivity index is 2.05. The normalized spacial score (nSPS) is 19.2. The van der Waals surface area contributed by atoms with Crippen LogP contribution in [0.2, 0.25) is 0 Å². The highest BCUT2D eigenvalue weighted by molar-refractivity contribution is 5.28. The maximum absolute atomic E-state index is 8.87. The highest BCUT2D eigenvalue weighted by Crippen LogP contribution is 2.17. The molecular weight excluding hydrogens is 198 g/mol. The summed E-state index contributed by atoms with van der Waals surface area (Å²) in [5, 5.41) is 8.87. The van der Waals surface area contributed by atoms with E-state index in [9.17, 15) is 0 Å². The van der Waals surface area contributed by atoms with Crippen LogP contribution in [0.1, 0.15) is 11.7 Å². The minimum absolute atomic E-state index is 0.130. The van der Waals surface area contributed by atoms with Crippen molar-refractivity contribution in [2.24, 2.45) is 5.73 Å². The van der Waals surface area contributed by atoms with Crippen LogP contribution in [0.15, 0.2) is 10.7 Å². The number of morpholine rings is 1. The second-order valence-electron chi connectivity index (χ2n) is 3.44. The summed E-state index contributed by atoms with van der Waals surface area (Å²) in [6.07, 6.45) is 1.49. The van der Waals surface area contributed by atoms with Crippen molar-refractivity contribution in [3.8, 4) is 0 Å². The van der Waals surface area contributed by atoms with Gasteiger partial charge in [0.25, 0.3) is 6.01 Å². The number of anilines is 1. The fourth-order valence-electron chi connectivity index (χ4n) is 1.44. The molecule has 1 aliphatic rings. The van der Waals surface area contributed by atoms with E-state index in [-0.39, 0.29) is 6.61 Å². The van der Waals surface area contributed by atoms with Crippen LogP contribution in [0.5, 0.6) is 0 Å². The molecule has 2 heterocycles. The van der Waals surface area contributed by atoms with Gasteiger partial charge in [-0.05, 0) is 0 Å². The Bertz CT molecular complexity index is 309. The van der Waals surface area contributed by atoms with Crippen LogP contribution in [-0.2, 0) is 4.74 Å². The van der Waals surface area contributed by atoms with Crippen LogP contribution in [0, 0.1) is 0 Å². The Hall–Kier alpha value is -1.11. The van der Waals surface area contributed by atoms with Crippen LogP contribution in [0.25, 0.3) is 0 Å². The first-order chi connectivity index (χ1) is 7.31. The maximum atomic E-state index is 8.87. The van der Waals surface area contributed by atoms with Gasteiger partial charge in [-0.1, -0.05) is 0 Å². The lowest BCUT2D eigenvalue weighted by Crippen LogP contribution is -2.36. The monoisotopic (exact) mass is 213 g/mol. The number of rotatable bonds is 3. The molecular formula is C9H15N3O3. The molecule has 0 amide bonds. The summed E-state index contributed by atoms with van der Waals surface area (Å²) in [4.78, 5) is 6.22. The average Bonchev–Trinajstić information content (AvgIpc) is 2.78. The summed E-state index contributed by atoms with van der Waals surface area (Å²) in [6, 6.07) is 0.0840. The van der Waals surface area contributed by atoms with Crippen molar-refractivity contribution in [1.82, 2.24) is 4.98 Å². The third kappa shape index (κ3) is 2.28. The standard InChI is InChI=1S/C9H15N3O3/c10-7(5-13)8-6-15-9(11-8)12-1-3-14-4-2-12/h6-7,13H,1-5,10H2. The largest absolute Gasteiger partial charge is 0.432 e. The first-order valence-corrected chi connectivity index (χ1v) is 4.96. The average molecular weight is 213 g/mol. The van der Waals surface area contributed by atoms with Gasteiger partial charge in [0, 0.05) is 13.1 Å². The molecule has 0 bridgehead atoms. The minimum Gasteiger partial charge on any atom is -0.432 e. The number of hydrogen-bond acceptors (Lipinski definition) is 6. The molecule has 1 saturated heterocycles. The second-order valence-corrected chi connectivity index (χ2v) is 3.44. The molecule has 0 spiro atoms. The van der Waals surface area contributed by atoms with Gasteiger partial charge in [-0.25, -0.2) is 0 Å². The van der Waals surface area contributed by atoms with Crippen molar-refractivity contribution in [2.45, 2.75) is 6.04 Å². The number of aromatic nitrogens is 1. The summed E-state index contributed by atoms with van der Waals surface area (Å²) in [5.74, 6) is 0. The van der Waals surface area contributed by atoms with Gasteiger partial charge in [-0.15, -0.1) is 0 Å². The quantitative estimate of drug-likeness (QED) is 0.704. The summed E-state index contributed by atoms with van der Waals surface area (Å²) in [5.41, 5.74) is 6.20. The Kier molecular flexibility index (Phi) is 3.20. The van der Waals surface area contributed by atoms with E-state index in [1.54, 1.807) is 0 Å². The lowest BCUT2D eigenvalue weighted by atomic mass is 10.3. The van der Waals surface area contributed by atoms with E-state index in [0.29, 0.717) is 24.9 Å². The van der Waals surface area contributed by atoms with E-state index >= 15 is 0 Å². The van der Waals surface area contributed by atoms with Crippen LogP contribution in [0.4, 0.5) is 6.01 Å². The molecule has 6 nitrogen and oxygen atoms in total. The molecule has 1 aliphatic heterocycles. The lowest BCUT2D eigenvalue weighted by Gasteiger charge is -2.24. The van der Waals surface area contributed by atoms with Crippen LogP contribution in [0.3, 0.4) is 0 Å². The van der Waals surface area contributed by atoms with E-state index in [4.69, 9.17) is 20.0 Å². The number of oxazole rings is 1. The Morgan fingerprint density at radius 3 is 2.93 bits per heavy atom. The molecule has 1 aromatic rings. The number of ether oxygens (including phenoxy) is 1. The molecule has 1 unspecified atom stereocenters. The van der Waals surface area contributed by atoms with E-state index in [2.05, 4.69) is 4.98 Å². The molecule has 0 aliphatic carbocycles. The predicted octanol–water partition coefficient (Wildman–Crippen LogP) is -0.497. The Labute approximate surface area is 87.6 Å². The summed E-state index contributed by atoms with van der Waals surface area (Å²) in [6.45, 7) is 2.78. The molecule has 84 valence electrons. The molecule has 2 rings (SSSR count). The maximum Gasteiger partial charge on any atom is 0.297 e. The zero-order valence-corrected chi connectivity index (χ0v) is 8.43. The Morgan fingerprint density at radius 1 is 1.53 bits per heavy atom. The van der Waals surface area contributed by atoms with Gasteiger partial charge in [-0.3, -0.25) is 0 Å². The molecule has 1 atom stereocenters. The number of aliphatic hydroxyl groups is 1. The highest BCUT2D eigenvalue weighted by Gasteiger charge is 2.18. The molecule has 1 fully saturated rings. The van der Waals surface area contributed by atoms with Gasteiger partial charge in [0.1, 0.15) is 12.0 Å². The fourth-order valence-corrected chi connectivity index (χ4v) is 1.44. The van der Waals surface area contributed by atoms with Crippen molar-refractivity contribution in [3.63, 3.8) is 0 Å². The number of nitrogens with two attached hydrogens (primary N) is 1. The zero-order chi connectivity index (χ0) is 10.7. The van der Waals surface area contributed by atoms with Gasteiger partial charge in [0.05, 0.1) is 25.9 Å². The van der Waals surface area contributed by atoms with Gasteiger partial charge in [0.2, 0.25) is 0 Å². The topological polar surface area (TPSA) is 84.8 Å². The summed E-state index contributed by atoms with van der Waals surface area (Å²) < 4.78 is 10.5. The van der Waals surface area contributed by atoms with Gasteiger partial charge in [-0.2, -0.15) is 4.98 Å². The van der Waals surface area contributed by atoms with Gasteiger partial charge < -0.3 is 24.9 Å². The van der Waals surface area contributed by atoms with Crippen LogP contribution >= 0.6 is 0 Å². The zero-order valence-electron chi connectivity index (χ0n) is 8.43. The number of hydrogen-bond donors (Lipinski definition) is 2. The van der Waals surface area contributed by atoms with E-state index in [1.165, 1.54) is 6.26 Å². The molecule has 3 N–H and O–H groups in total. The first kappa shape index (κ1) is 10.4. The SMILES string of the molecule is NC(CO)c1coc(N2CCOCC2)n1. The van der Waals surface area contributed by atoms with Crippen molar-refractivity contribution < 1.29 is 14.3 Å². The van der Waals surface area contributed by atoms with Crippen molar-refractivity contribution >= 4 is 6.01 Å². The van der Waals surface area contributed by atoms with E-state index in [0.717, 1.165) is 13.1 Å². The smallest absolute Gasteiger partial charge is 0.297 e. The van der Waals surface area contributed by atoms with Crippen molar-refractivity contribution in [3.05, 3.63) is 12.0 Å². The number of aliphatic hydroxyl groups excluding tert-OH is 1. The van der Waals surface area contributed by atoms with Crippen molar-refractivity contribution in [2.75, 3.05) is 37.8 Å². The second kappa shape index (κ2) is 4.61.